The van der Waals surface area contributed by atoms with Gasteiger partial charge in [0.05, 0.1) is 7.11 Å². The predicted molar refractivity (Wildman–Crippen MR) is 62.3 cm³/mol. The highest BCUT2D eigenvalue weighted by molar-refractivity contribution is 6.05. The van der Waals surface area contributed by atoms with Crippen LogP contribution in [0.4, 0.5) is 0 Å². The molecule has 0 N–H and O–H groups in total. The Labute approximate surface area is 102 Å². The van der Waals surface area contributed by atoms with Crippen molar-refractivity contribution in [1.29, 1.82) is 0 Å². The van der Waals surface area contributed by atoms with Crippen molar-refractivity contribution in [2.75, 3.05) is 7.11 Å². The number of hydrogen-bond acceptors (Lipinski definition) is 4. The molecule has 1 rings (SSSR count). The number of hydrogen-bond donors (Lipinski definition) is 0. The van der Waals surface area contributed by atoms with Crippen LogP contribution in [0.3, 0.4) is 0 Å². The molecule has 1 saturated carbocycles. The van der Waals surface area contributed by atoms with Gasteiger partial charge in [-0.2, -0.15) is 0 Å². The van der Waals surface area contributed by atoms with E-state index in [1.165, 1.54) is 7.11 Å². The Kier molecular flexibility index (Phi) is 3.46. The molecule has 0 spiro atoms. The third-order valence-electron chi connectivity index (χ3n) is 3.44. The number of ether oxygens (including phenoxy) is 1. The first-order valence-electron chi connectivity index (χ1n) is 5.75. The summed E-state index contributed by atoms with van der Waals surface area (Å²) < 4.78 is 4.71. The first-order chi connectivity index (χ1) is 7.62. The van der Waals surface area contributed by atoms with Gasteiger partial charge in [0.1, 0.15) is 11.7 Å². The number of esters is 1. The second kappa shape index (κ2) is 4.24. The predicted octanol–water partition coefficient (Wildman–Crippen LogP) is 1.76. The Bertz CT molecular complexity index is 366. The lowest BCUT2D eigenvalue weighted by Crippen LogP contribution is -2.42. The van der Waals surface area contributed by atoms with Crippen molar-refractivity contribution < 1.29 is 19.1 Å². The molecule has 0 aromatic rings. The minimum atomic E-state index is -0.853. The van der Waals surface area contributed by atoms with Gasteiger partial charge in [0.25, 0.3) is 0 Å². The van der Waals surface area contributed by atoms with Gasteiger partial charge >= 0.3 is 5.97 Å². The van der Waals surface area contributed by atoms with Gasteiger partial charge in [-0.3, -0.25) is 14.4 Å². The SMILES string of the molecule is COC(=O)C1C(=O)C(C)(C)CC(=O)CC1(C)C. The second-order valence-electron chi connectivity index (χ2n) is 6.09. The molecule has 0 amide bonds. The van der Waals surface area contributed by atoms with Crippen LogP contribution in [0.1, 0.15) is 40.5 Å². The molecule has 4 nitrogen and oxygen atoms in total. The van der Waals surface area contributed by atoms with Crippen LogP contribution in [-0.2, 0) is 19.1 Å². The van der Waals surface area contributed by atoms with E-state index < -0.39 is 22.7 Å². The van der Waals surface area contributed by atoms with Crippen LogP contribution in [0.15, 0.2) is 0 Å². The summed E-state index contributed by atoms with van der Waals surface area (Å²) in [7, 11) is 1.27. The summed E-state index contributed by atoms with van der Waals surface area (Å²) >= 11 is 0. The van der Waals surface area contributed by atoms with Crippen molar-refractivity contribution in [3.8, 4) is 0 Å². The number of carbonyl (C=O) groups is 3. The van der Waals surface area contributed by atoms with Crippen LogP contribution in [0, 0.1) is 16.7 Å². The highest BCUT2D eigenvalue weighted by Crippen LogP contribution is 2.42. The van der Waals surface area contributed by atoms with Crippen LogP contribution >= 0.6 is 0 Å². The summed E-state index contributed by atoms with van der Waals surface area (Å²) in [4.78, 5) is 36.0. The molecule has 4 heteroatoms. The first-order valence-corrected chi connectivity index (χ1v) is 5.75. The Hall–Kier alpha value is -1.19. The zero-order valence-corrected chi connectivity index (χ0v) is 11.1. The lowest BCUT2D eigenvalue weighted by Gasteiger charge is -2.31. The highest BCUT2D eigenvalue weighted by atomic mass is 16.5. The molecule has 1 atom stereocenters. The van der Waals surface area contributed by atoms with E-state index in [2.05, 4.69) is 0 Å². The molecule has 17 heavy (non-hydrogen) atoms. The first kappa shape index (κ1) is 13.9. The summed E-state index contributed by atoms with van der Waals surface area (Å²) in [5.74, 6) is -1.56. The van der Waals surface area contributed by atoms with E-state index in [4.69, 9.17) is 4.74 Å². The summed E-state index contributed by atoms with van der Waals surface area (Å²) in [5.41, 5.74) is -1.46. The molecular formula is C13H20O4. The average molecular weight is 240 g/mol. The van der Waals surface area contributed by atoms with E-state index in [0.29, 0.717) is 0 Å². The molecule has 1 fully saturated rings. The van der Waals surface area contributed by atoms with E-state index in [9.17, 15) is 14.4 Å². The maximum Gasteiger partial charge on any atom is 0.316 e. The molecule has 1 aliphatic rings. The Morgan fingerprint density at radius 1 is 1.18 bits per heavy atom. The van der Waals surface area contributed by atoms with Crippen LogP contribution in [0.25, 0.3) is 0 Å². The molecule has 0 aromatic heterocycles. The Morgan fingerprint density at radius 3 is 2.18 bits per heavy atom. The fourth-order valence-electron chi connectivity index (χ4n) is 2.54. The van der Waals surface area contributed by atoms with Crippen molar-refractivity contribution in [2.45, 2.75) is 40.5 Å². The third kappa shape index (κ3) is 2.56. The van der Waals surface area contributed by atoms with Gasteiger partial charge in [-0.15, -0.1) is 0 Å². The molecule has 1 aliphatic carbocycles. The molecule has 0 radical (unpaired) electrons. The maximum atomic E-state index is 12.4. The van der Waals surface area contributed by atoms with Gasteiger partial charge < -0.3 is 4.74 Å². The number of ketones is 2. The van der Waals surface area contributed by atoms with E-state index in [0.717, 1.165) is 0 Å². The van der Waals surface area contributed by atoms with Crippen molar-refractivity contribution in [3.05, 3.63) is 0 Å². The molecule has 0 aromatic carbocycles. The minimum absolute atomic E-state index is 0.0275. The molecule has 1 unspecified atom stereocenters. The average Bonchev–Trinajstić information content (AvgIpc) is 2.19. The molecule has 0 aliphatic heterocycles. The normalized spacial score (nSPS) is 27.5. The quantitative estimate of drug-likeness (QED) is 0.398. The zero-order chi connectivity index (χ0) is 13.4. The molecular weight excluding hydrogens is 220 g/mol. The molecule has 0 saturated heterocycles. The summed E-state index contributed by atoms with van der Waals surface area (Å²) in [6.07, 6.45) is 0.435. The van der Waals surface area contributed by atoms with Crippen molar-refractivity contribution >= 4 is 17.5 Å². The lowest BCUT2D eigenvalue weighted by molar-refractivity contribution is -0.156. The monoisotopic (exact) mass is 240 g/mol. The van der Waals surface area contributed by atoms with Crippen LogP contribution < -0.4 is 0 Å². The smallest absolute Gasteiger partial charge is 0.316 e. The fraction of sp³-hybridized carbons (Fsp3) is 0.769. The van der Waals surface area contributed by atoms with Crippen LogP contribution in [-0.4, -0.2) is 24.6 Å². The lowest BCUT2D eigenvalue weighted by atomic mass is 9.71. The summed E-state index contributed by atoms with van der Waals surface area (Å²) in [6, 6.07) is 0. The number of Topliss-reactive ketones (excluding diaryl/α,β-unsaturated/α-hetero) is 2. The zero-order valence-electron chi connectivity index (χ0n) is 11.1. The van der Waals surface area contributed by atoms with Gasteiger partial charge in [-0.1, -0.05) is 27.7 Å². The van der Waals surface area contributed by atoms with Gasteiger partial charge in [0.2, 0.25) is 0 Å². The van der Waals surface area contributed by atoms with Gasteiger partial charge in [-0.25, -0.2) is 0 Å². The molecule has 0 bridgehead atoms. The van der Waals surface area contributed by atoms with Gasteiger partial charge in [0.15, 0.2) is 5.78 Å². The standard InChI is InChI=1S/C13H20O4/c1-12(2)6-8(14)7-13(3,4)10(15)9(12)11(16)17-5/h9H,6-7H2,1-5H3. The fourth-order valence-corrected chi connectivity index (χ4v) is 2.54. The van der Waals surface area contributed by atoms with Crippen molar-refractivity contribution in [2.24, 2.45) is 16.7 Å². The van der Waals surface area contributed by atoms with Crippen molar-refractivity contribution in [3.63, 3.8) is 0 Å². The van der Waals surface area contributed by atoms with Crippen LogP contribution in [0.5, 0.6) is 0 Å². The second-order valence-corrected chi connectivity index (χ2v) is 6.09. The number of carbonyl (C=O) groups excluding carboxylic acids is 3. The van der Waals surface area contributed by atoms with E-state index in [1.54, 1.807) is 27.7 Å². The summed E-state index contributed by atoms with van der Waals surface area (Å²) in [5, 5.41) is 0. The van der Waals surface area contributed by atoms with E-state index in [-0.39, 0.29) is 24.4 Å². The highest BCUT2D eigenvalue weighted by Gasteiger charge is 2.51. The largest absolute Gasteiger partial charge is 0.468 e. The van der Waals surface area contributed by atoms with Gasteiger partial charge in [0, 0.05) is 18.3 Å². The van der Waals surface area contributed by atoms with Gasteiger partial charge in [-0.05, 0) is 5.41 Å². The number of methoxy groups -OCH3 is 1. The van der Waals surface area contributed by atoms with Crippen molar-refractivity contribution in [1.82, 2.24) is 0 Å². The Balaban J connectivity index is 3.25. The van der Waals surface area contributed by atoms with Crippen LogP contribution in [0.2, 0.25) is 0 Å². The molecule has 0 heterocycles. The van der Waals surface area contributed by atoms with E-state index >= 15 is 0 Å². The topological polar surface area (TPSA) is 60.4 Å². The maximum absolute atomic E-state index is 12.4. The third-order valence-corrected chi connectivity index (χ3v) is 3.44. The minimum Gasteiger partial charge on any atom is -0.468 e. The number of rotatable bonds is 1. The summed E-state index contributed by atoms with van der Waals surface area (Å²) in [6.45, 7) is 6.96. The molecule has 96 valence electrons. The van der Waals surface area contributed by atoms with E-state index in [1.807, 2.05) is 0 Å². The Morgan fingerprint density at radius 2 is 1.71 bits per heavy atom.